The predicted octanol–water partition coefficient (Wildman–Crippen LogP) is 4.19. The number of nitrogens with one attached hydrogen (secondary N) is 1. The van der Waals surface area contributed by atoms with E-state index in [1.165, 1.54) is 30.7 Å². The van der Waals surface area contributed by atoms with E-state index in [2.05, 4.69) is 43.4 Å². The van der Waals surface area contributed by atoms with Gasteiger partial charge in [-0.05, 0) is 32.2 Å². The summed E-state index contributed by atoms with van der Waals surface area (Å²) in [5, 5.41) is 7.13. The molecular formula is C15H28N2S. The van der Waals surface area contributed by atoms with E-state index in [1.807, 2.05) is 0 Å². The van der Waals surface area contributed by atoms with E-state index in [9.17, 15) is 0 Å². The first kappa shape index (κ1) is 15.6. The van der Waals surface area contributed by atoms with Crippen molar-refractivity contribution in [2.45, 2.75) is 65.8 Å². The fraction of sp³-hybridized carbons (Fsp3) is 0.800. The Kier molecular flexibility index (Phi) is 7.52. The van der Waals surface area contributed by atoms with Crippen molar-refractivity contribution in [3.63, 3.8) is 0 Å². The topological polar surface area (TPSA) is 24.9 Å². The molecule has 1 aromatic rings. The van der Waals surface area contributed by atoms with Gasteiger partial charge in [0.1, 0.15) is 0 Å². The van der Waals surface area contributed by atoms with Gasteiger partial charge in [-0.3, -0.25) is 0 Å². The summed E-state index contributed by atoms with van der Waals surface area (Å²) < 4.78 is 0. The van der Waals surface area contributed by atoms with E-state index in [0.29, 0.717) is 6.04 Å². The lowest BCUT2D eigenvalue weighted by atomic mass is 9.93. The van der Waals surface area contributed by atoms with Gasteiger partial charge in [-0.1, -0.05) is 33.6 Å². The summed E-state index contributed by atoms with van der Waals surface area (Å²) in [5.74, 6) is 0.848. The summed E-state index contributed by atoms with van der Waals surface area (Å²) in [5.41, 5.74) is 1.16. The van der Waals surface area contributed by atoms with E-state index in [1.54, 1.807) is 11.3 Å². The molecule has 18 heavy (non-hydrogen) atoms. The molecule has 0 aromatic carbocycles. The molecule has 0 fully saturated rings. The Morgan fingerprint density at radius 2 is 2.00 bits per heavy atom. The quantitative estimate of drug-likeness (QED) is 0.726. The van der Waals surface area contributed by atoms with Crippen LogP contribution in [0.1, 0.15) is 57.2 Å². The number of aryl methyl sites for hydroxylation is 1. The highest BCUT2D eigenvalue weighted by atomic mass is 32.1. The Morgan fingerprint density at radius 3 is 2.50 bits per heavy atom. The van der Waals surface area contributed by atoms with Crippen LogP contribution >= 0.6 is 11.3 Å². The molecule has 104 valence electrons. The van der Waals surface area contributed by atoms with Gasteiger partial charge in [0.2, 0.25) is 0 Å². The Bertz CT molecular complexity index is 318. The fourth-order valence-electron chi connectivity index (χ4n) is 2.32. The molecule has 0 aliphatic heterocycles. The molecule has 0 saturated heterocycles. The van der Waals surface area contributed by atoms with Crippen molar-refractivity contribution in [3.05, 3.63) is 16.1 Å². The highest BCUT2D eigenvalue weighted by Gasteiger charge is 2.15. The molecule has 1 atom stereocenters. The zero-order valence-corrected chi connectivity index (χ0v) is 13.1. The van der Waals surface area contributed by atoms with Crippen LogP contribution in [0.15, 0.2) is 5.38 Å². The van der Waals surface area contributed by atoms with Crippen molar-refractivity contribution < 1.29 is 0 Å². The van der Waals surface area contributed by atoms with Gasteiger partial charge < -0.3 is 5.32 Å². The summed E-state index contributed by atoms with van der Waals surface area (Å²) in [4.78, 5) is 4.60. The highest BCUT2D eigenvalue weighted by molar-refractivity contribution is 7.09. The molecule has 1 N–H and O–H groups in total. The van der Waals surface area contributed by atoms with E-state index in [0.717, 1.165) is 24.6 Å². The highest BCUT2D eigenvalue weighted by Crippen LogP contribution is 2.19. The lowest BCUT2D eigenvalue weighted by molar-refractivity contribution is 0.363. The molecule has 1 aromatic heterocycles. The fourth-order valence-corrected chi connectivity index (χ4v) is 3.17. The minimum Gasteiger partial charge on any atom is -0.314 e. The smallest absolute Gasteiger partial charge is 0.0943 e. The molecular weight excluding hydrogens is 240 g/mol. The van der Waals surface area contributed by atoms with Crippen molar-refractivity contribution in [1.82, 2.24) is 10.3 Å². The maximum atomic E-state index is 4.60. The minimum atomic E-state index is 0.598. The van der Waals surface area contributed by atoms with Gasteiger partial charge in [0.15, 0.2) is 0 Å². The molecule has 0 radical (unpaired) electrons. The first-order valence-electron chi connectivity index (χ1n) is 7.33. The SMILES string of the molecule is CCCNC(Cc1nc(C)cs1)CC(CC)CC. The molecule has 0 saturated carbocycles. The lowest BCUT2D eigenvalue weighted by Gasteiger charge is -2.22. The van der Waals surface area contributed by atoms with Crippen LogP contribution in [0, 0.1) is 12.8 Å². The summed E-state index contributed by atoms with van der Waals surface area (Å²) >= 11 is 1.80. The zero-order valence-electron chi connectivity index (χ0n) is 12.3. The molecule has 1 heterocycles. The second-order valence-electron chi connectivity index (χ2n) is 5.16. The zero-order chi connectivity index (χ0) is 13.4. The summed E-state index contributed by atoms with van der Waals surface area (Å²) in [6.07, 6.45) is 6.16. The third kappa shape index (κ3) is 5.49. The number of aromatic nitrogens is 1. The van der Waals surface area contributed by atoms with Gasteiger partial charge >= 0.3 is 0 Å². The second-order valence-corrected chi connectivity index (χ2v) is 6.10. The predicted molar refractivity (Wildman–Crippen MR) is 81.3 cm³/mol. The average Bonchev–Trinajstić information content (AvgIpc) is 2.78. The number of hydrogen-bond acceptors (Lipinski definition) is 3. The molecule has 0 aliphatic carbocycles. The standard InChI is InChI=1S/C15H28N2S/c1-5-8-16-14(9-13(6-2)7-3)10-15-17-12(4)11-18-15/h11,13-14,16H,5-10H2,1-4H3. The van der Waals surface area contributed by atoms with Gasteiger partial charge in [-0.15, -0.1) is 11.3 Å². The van der Waals surface area contributed by atoms with Crippen LogP contribution in [-0.2, 0) is 6.42 Å². The van der Waals surface area contributed by atoms with Crippen molar-refractivity contribution in [2.75, 3.05) is 6.54 Å². The van der Waals surface area contributed by atoms with Crippen molar-refractivity contribution in [2.24, 2.45) is 5.92 Å². The maximum Gasteiger partial charge on any atom is 0.0943 e. The maximum absolute atomic E-state index is 4.60. The molecule has 0 amide bonds. The summed E-state index contributed by atoms with van der Waals surface area (Å²) in [7, 11) is 0. The summed E-state index contributed by atoms with van der Waals surface area (Å²) in [6, 6.07) is 0.598. The Morgan fingerprint density at radius 1 is 1.28 bits per heavy atom. The summed E-state index contributed by atoms with van der Waals surface area (Å²) in [6.45, 7) is 10.0. The van der Waals surface area contributed by atoms with Crippen molar-refractivity contribution in [1.29, 1.82) is 0 Å². The van der Waals surface area contributed by atoms with E-state index in [4.69, 9.17) is 0 Å². The molecule has 0 aliphatic rings. The molecule has 1 rings (SSSR count). The monoisotopic (exact) mass is 268 g/mol. The van der Waals surface area contributed by atoms with Crippen LogP contribution < -0.4 is 5.32 Å². The third-order valence-electron chi connectivity index (χ3n) is 3.54. The Labute approximate surface area is 116 Å². The number of thiazole rings is 1. The normalized spacial score (nSPS) is 13.2. The lowest BCUT2D eigenvalue weighted by Crippen LogP contribution is -2.33. The van der Waals surface area contributed by atoms with E-state index < -0.39 is 0 Å². The third-order valence-corrected chi connectivity index (χ3v) is 4.53. The van der Waals surface area contributed by atoms with Crippen LogP contribution in [0.4, 0.5) is 0 Å². The first-order chi connectivity index (χ1) is 8.69. The molecule has 1 unspecified atom stereocenters. The van der Waals surface area contributed by atoms with Gasteiger partial charge in [-0.2, -0.15) is 0 Å². The largest absolute Gasteiger partial charge is 0.314 e. The first-order valence-corrected chi connectivity index (χ1v) is 8.21. The van der Waals surface area contributed by atoms with Gasteiger partial charge in [0, 0.05) is 23.5 Å². The molecule has 3 heteroatoms. The van der Waals surface area contributed by atoms with Crippen molar-refractivity contribution >= 4 is 11.3 Å². The van der Waals surface area contributed by atoms with Crippen LogP contribution in [0.5, 0.6) is 0 Å². The molecule has 2 nitrogen and oxygen atoms in total. The number of hydrogen-bond donors (Lipinski definition) is 1. The Balaban J connectivity index is 2.53. The Hall–Kier alpha value is -0.410. The van der Waals surface area contributed by atoms with Crippen LogP contribution in [0.2, 0.25) is 0 Å². The molecule has 0 spiro atoms. The molecule has 0 bridgehead atoms. The van der Waals surface area contributed by atoms with E-state index in [-0.39, 0.29) is 0 Å². The minimum absolute atomic E-state index is 0.598. The second kappa shape index (κ2) is 8.65. The van der Waals surface area contributed by atoms with Crippen LogP contribution in [0.25, 0.3) is 0 Å². The van der Waals surface area contributed by atoms with E-state index >= 15 is 0 Å². The van der Waals surface area contributed by atoms with Crippen LogP contribution in [-0.4, -0.2) is 17.6 Å². The van der Waals surface area contributed by atoms with Crippen molar-refractivity contribution in [3.8, 4) is 0 Å². The number of rotatable bonds is 9. The number of nitrogens with zero attached hydrogens (tertiary/aromatic N) is 1. The van der Waals surface area contributed by atoms with Gasteiger partial charge in [-0.25, -0.2) is 4.98 Å². The van der Waals surface area contributed by atoms with Gasteiger partial charge in [0.05, 0.1) is 5.01 Å². The average molecular weight is 268 g/mol. The van der Waals surface area contributed by atoms with Gasteiger partial charge in [0.25, 0.3) is 0 Å². The van der Waals surface area contributed by atoms with Crippen LogP contribution in [0.3, 0.4) is 0 Å².